The van der Waals surface area contributed by atoms with Gasteiger partial charge in [-0.3, -0.25) is 4.79 Å². The van der Waals surface area contributed by atoms with Crippen LogP contribution in [0.5, 0.6) is 0 Å². The number of likely N-dealkylation sites (N-methyl/N-ethyl adjacent to an activating group) is 1. The molecular weight excluding hydrogens is 703 g/mol. The molecule has 0 spiro atoms. The minimum absolute atomic E-state index is 0.207. The van der Waals surface area contributed by atoms with Gasteiger partial charge < -0.3 is 28.9 Å². The maximum atomic E-state index is 12.0. The molecule has 0 heterocycles. The molecule has 0 rings (SSSR count). The summed E-state index contributed by atoms with van der Waals surface area (Å²) in [6, 6.07) is 0. The van der Waals surface area contributed by atoms with E-state index in [0.29, 0.717) is 17.4 Å². The lowest BCUT2D eigenvalue weighted by atomic mass is 10.0. The van der Waals surface area contributed by atoms with E-state index in [-0.39, 0.29) is 25.8 Å². The van der Waals surface area contributed by atoms with Crippen molar-refractivity contribution in [2.24, 2.45) is 0 Å². The van der Waals surface area contributed by atoms with Crippen molar-refractivity contribution in [2.45, 2.75) is 161 Å². The van der Waals surface area contributed by atoms with E-state index >= 15 is 0 Å². The second kappa shape index (κ2) is 40.2. The number of carboxylic acids is 1. The summed E-state index contributed by atoms with van der Waals surface area (Å²) in [5.41, 5.74) is 0. The average Bonchev–Trinajstić information content (AvgIpc) is 3.16. The third-order valence-corrected chi connectivity index (χ3v) is 8.90. The number of hydrogen-bond donors (Lipinski definition) is 2. The summed E-state index contributed by atoms with van der Waals surface area (Å²) in [4.78, 5) is 23.3. The number of aliphatic hydroxyl groups excluding tert-OH is 1. The van der Waals surface area contributed by atoms with Crippen molar-refractivity contribution < 1.29 is 38.5 Å². The Labute approximate surface area is 342 Å². The normalized spacial score (nSPS) is 13.9. The highest BCUT2D eigenvalue weighted by Crippen LogP contribution is 2.14. The molecule has 0 aromatic rings. The molecule has 0 aliphatic rings. The number of nitrogens with zero attached hydrogens (tertiary/aromatic N) is 1. The van der Waals surface area contributed by atoms with Crippen LogP contribution in [0.25, 0.3) is 0 Å². The van der Waals surface area contributed by atoms with Crippen LogP contribution in [-0.4, -0.2) is 86.5 Å². The Morgan fingerprint density at radius 1 is 0.536 bits per heavy atom. The van der Waals surface area contributed by atoms with E-state index in [4.69, 9.17) is 14.2 Å². The second-order valence-corrected chi connectivity index (χ2v) is 15.5. The molecular formula is C48H82NO7+. The van der Waals surface area contributed by atoms with Gasteiger partial charge in [0.15, 0.2) is 0 Å². The van der Waals surface area contributed by atoms with Gasteiger partial charge in [0.2, 0.25) is 0 Å². The molecule has 0 saturated carbocycles. The van der Waals surface area contributed by atoms with Crippen molar-refractivity contribution in [1.82, 2.24) is 0 Å². The Morgan fingerprint density at radius 3 is 1.34 bits per heavy atom. The van der Waals surface area contributed by atoms with Crippen molar-refractivity contribution in [3.8, 4) is 0 Å². The molecule has 320 valence electrons. The fourth-order valence-corrected chi connectivity index (χ4v) is 5.52. The number of allylic oxidation sites excluding steroid dienone is 14. The number of quaternary nitrogens is 1. The number of carbonyl (C=O) groups excluding carboxylic acids is 1. The first-order chi connectivity index (χ1) is 27.2. The predicted molar refractivity (Wildman–Crippen MR) is 234 cm³/mol. The van der Waals surface area contributed by atoms with Gasteiger partial charge in [-0.2, -0.15) is 0 Å². The summed E-state index contributed by atoms with van der Waals surface area (Å²) in [5, 5.41) is 19.3. The van der Waals surface area contributed by atoms with E-state index in [1.165, 1.54) is 70.6 Å². The van der Waals surface area contributed by atoms with Gasteiger partial charge in [-0.15, -0.1) is 0 Å². The summed E-state index contributed by atoms with van der Waals surface area (Å²) >= 11 is 0. The maximum Gasteiger partial charge on any atom is 0.361 e. The monoisotopic (exact) mass is 785 g/mol. The van der Waals surface area contributed by atoms with E-state index < -0.39 is 18.4 Å². The number of carbonyl (C=O) groups is 2. The zero-order valence-electron chi connectivity index (χ0n) is 36.0. The molecule has 0 radical (unpaired) electrons. The van der Waals surface area contributed by atoms with Crippen LogP contribution in [0.2, 0.25) is 0 Å². The lowest BCUT2D eigenvalue weighted by Crippen LogP contribution is -2.40. The summed E-state index contributed by atoms with van der Waals surface area (Å²) in [7, 11) is 5.91. The van der Waals surface area contributed by atoms with E-state index in [1.54, 1.807) is 0 Å². The van der Waals surface area contributed by atoms with Crippen molar-refractivity contribution >= 4 is 11.9 Å². The summed E-state index contributed by atoms with van der Waals surface area (Å²) in [6.07, 6.45) is 53.5. The summed E-state index contributed by atoms with van der Waals surface area (Å²) in [6.45, 7) is 2.46. The fourth-order valence-electron chi connectivity index (χ4n) is 5.52. The Hall–Kier alpha value is -3.04. The number of esters is 1. The number of aliphatic hydroxyl groups is 1. The third kappa shape index (κ3) is 42.1. The molecule has 0 bridgehead atoms. The van der Waals surface area contributed by atoms with Crippen molar-refractivity contribution in [3.05, 3.63) is 85.1 Å². The van der Waals surface area contributed by atoms with Crippen LogP contribution >= 0.6 is 0 Å². The standard InChI is InChI=1S/C48H81NO7/c1-5-6-7-8-9-10-11-12-13-14-15-16-17-18-19-20-21-22-23-24-25-26-27-28-29-30-31-32-33-34-35-36-37-38-39-40-46(51)55-43-45(50)44-56-48(47(52)53)54-42-41-49(2,3)4/h6-7,9-10,12-13,15-16,18-19,21-22,24-25,45,48,50H,5,8,11,14,17,20,23,26-44H2,1-4H3/p+1/b7-6-,10-9-,13-12-,16-15-,19-18-,22-21-,25-24-. The SMILES string of the molecule is CC/C=C\C/C=C\C/C=C\C/C=C\C/C=C\C/C=C\C/C=C\CCCCCCCCCCCCCCCC(=O)OCC(O)COC(OCC[N+](C)(C)C)C(=O)O. The van der Waals surface area contributed by atoms with Gasteiger partial charge >= 0.3 is 11.9 Å². The predicted octanol–water partition coefficient (Wildman–Crippen LogP) is 11.5. The fraction of sp³-hybridized carbons (Fsp3) is 0.667. The van der Waals surface area contributed by atoms with Crippen molar-refractivity contribution in [2.75, 3.05) is 47.5 Å². The molecule has 8 heteroatoms. The first-order valence-electron chi connectivity index (χ1n) is 21.8. The maximum absolute atomic E-state index is 12.0. The average molecular weight is 785 g/mol. The van der Waals surface area contributed by atoms with Crippen molar-refractivity contribution in [3.63, 3.8) is 0 Å². The second-order valence-electron chi connectivity index (χ2n) is 15.5. The highest BCUT2D eigenvalue weighted by atomic mass is 16.7. The van der Waals surface area contributed by atoms with E-state index in [0.717, 1.165) is 64.2 Å². The summed E-state index contributed by atoms with van der Waals surface area (Å²) < 4.78 is 16.2. The van der Waals surface area contributed by atoms with Gasteiger partial charge in [0, 0.05) is 6.42 Å². The topological polar surface area (TPSA) is 102 Å². The zero-order valence-corrected chi connectivity index (χ0v) is 36.0. The smallest absolute Gasteiger partial charge is 0.361 e. The molecule has 2 atom stereocenters. The first kappa shape index (κ1) is 53.0. The highest BCUT2D eigenvalue weighted by Gasteiger charge is 2.22. The van der Waals surface area contributed by atoms with Crippen LogP contribution in [0.1, 0.15) is 148 Å². The largest absolute Gasteiger partial charge is 0.477 e. The van der Waals surface area contributed by atoms with Gasteiger partial charge in [0.25, 0.3) is 6.29 Å². The molecule has 56 heavy (non-hydrogen) atoms. The van der Waals surface area contributed by atoms with Crippen LogP contribution in [-0.2, 0) is 23.8 Å². The van der Waals surface area contributed by atoms with Crippen LogP contribution < -0.4 is 0 Å². The first-order valence-corrected chi connectivity index (χ1v) is 21.8. The van der Waals surface area contributed by atoms with Crippen LogP contribution in [0, 0.1) is 0 Å². The lowest BCUT2D eigenvalue weighted by molar-refractivity contribution is -0.870. The minimum Gasteiger partial charge on any atom is -0.477 e. The number of carboxylic acid groups (broad SMARTS) is 1. The van der Waals surface area contributed by atoms with Gasteiger partial charge in [-0.25, -0.2) is 4.79 Å². The number of hydrogen-bond acceptors (Lipinski definition) is 6. The minimum atomic E-state index is -1.47. The van der Waals surface area contributed by atoms with Crippen LogP contribution in [0.4, 0.5) is 0 Å². The molecule has 0 amide bonds. The van der Waals surface area contributed by atoms with E-state index in [9.17, 15) is 19.8 Å². The molecule has 0 aromatic heterocycles. The lowest BCUT2D eigenvalue weighted by Gasteiger charge is -2.24. The molecule has 0 fully saturated rings. The molecule has 2 unspecified atom stereocenters. The molecule has 0 saturated heterocycles. The summed E-state index contributed by atoms with van der Waals surface area (Å²) in [5.74, 6) is -1.61. The Balaban J connectivity index is 3.52. The van der Waals surface area contributed by atoms with Gasteiger partial charge in [-0.1, -0.05) is 163 Å². The number of rotatable bonds is 39. The zero-order chi connectivity index (χ0) is 41.2. The number of aliphatic carboxylic acids is 1. The van der Waals surface area contributed by atoms with E-state index in [2.05, 4.69) is 92.0 Å². The molecule has 0 aliphatic heterocycles. The molecule has 0 aliphatic carbocycles. The quantitative estimate of drug-likeness (QED) is 0.0210. The molecule has 2 N–H and O–H groups in total. The Morgan fingerprint density at radius 2 is 0.929 bits per heavy atom. The van der Waals surface area contributed by atoms with Crippen molar-refractivity contribution in [1.29, 1.82) is 0 Å². The Bertz CT molecular complexity index is 1130. The van der Waals surface area contributed by atoms with Gasteiger partial charge in [0.1, 0.15) is 19.3 Å². The third-order valence-electron chi connectivity index (χ3n) is 8.90. The molecule has 8 nitrogen and oxygen atoms in total. The Kier molecular flexibility index (Phi) is 38.0. The number of ether oxygens (including phenoxy) is 3. The highest BCUT2D eigenvalue weighted by molar-refractivity contribution is 5.70. The van der Waals surface area contributed by atoms with Crippen LogP contribution in [0.15, 0.2) is 85.1 Å². The van der Waals surface area contributed by atoms with Gasteiger partial charge in [0.05, 0.1) is 34.4 Å². The van der Waals surface area contributed by atoms with Gasteiger partial charge in [-0.05, 0) is 64.2 Å². The number of unbranched alkanes of at least 4 members (excludes halogenated alkanes) is 13. The van der Waals surface area contributed by atoms with Crippen LogP contribution in [0.3, 0.4) is 0 Å². The van der Waals surface area contributed by atoms with E-state index in [1.807, 2.05) is 21.1 Å². The molecule has 0 aromatic carbocycles.